The van der Waals surface area contributed by atoms with E-state index in [-0.39, 0.29) is 24.4 Å². The molecule has 0 spiro atoms. The van der Waals surface area contributed by atoms with Crippen molar-refractivity contribution in [1.29, 1.82) is 5.26 Å². The lowest BCUT2D eigenvalue weighted by molar-refractivity contribution is -0.116. The van der Waals surface area contributed by atoms with Crippen LogP contribution in [0.2, 0.25) is 0 Å². The first-order chi connectivity index (χ1) is 10.9. The quantitative estimate of drug-likeness (QED) is 0.933. The summed E-state index contributed by atoms with van der Waals surface area (Å²) in [7, 11) is 0. The number of amides is 1. The zero-order chi connectivity index (χ0) is 17.0. The summed E-state index contributed by atoms with van der Waals surface area (Å²) in [5.74, 6) is -0.824. The van der Waals surface area contributed by atoms with Gasteiger partial charge in [0.05, 0.1) is 12.2 Å². The van der Waals surface area contributed by atoms with Gasteiger partial charge in [0.1, 0.15) is 17.4 Å². The van der Waals surface area contributed by atoms with Gasteiger partial charge in [0.25, 0.3) is 5.56 Å². The number of nitrogens with one attached hydrogen (secondary N) is 1. The normalized spacial score (nSPS) is 10.2. The molecule has 1 aromatic carbocycles. The summed E-state index contributed by atoms with van der Waals surface area (Å²) in [6.07, 6.45) is -0.0171. The second-order valence-corrected chi connectivity index (χ2v) is 5.03. The molecule has 0 aliphatic rings. The molecule has 0 atom stereocenters. The molecule has 6 nitrogen and oxygen atoms in total. The van der Waals surface area contributed by atoms with E-state index in [0.717, 1.165) is 4.68 Å². The number of aromatic nitrogens is 2. The van der Waals surface area contributed by atoms with Crippen molar-refractivity contribution in [1.82, 2.24) is 9.78 Å². The summed E-state index contributed by atoms with van der Waals surface area (Å²) < 4.78 is 14.2. The summed E-state index contributed by atoms with van der Waals surface area (Å²) in [5, 5.41) is 15.7. The van der Waals surface area contributed by atoms with Gasteiger partial charge in [-0.1, -0.05) is 6.07 Å². The monoisotopic (exact) mass is 314 g/mol. The number of anilines is 1. The lowest BCUT2D eigenvalue weighted by Gasteiger charge is -2.09. The predicted octanol–water partition coefficient (Wildman–Crippen LogP) is 1.90. The molecule has 0 radical (unpaired) electrons. The van der Waals surface area contributed by atoms with Crippen molar-refractivity contribution in [2.75, 3.05) is 5.32 Å². The Kier molecular flexibility index (Phi) is 4.86. The van der Waals surface area contributed by atoms with Gasteiger partial charge in [-0.25, -0.2) is 9.07 Å². The Balaban J connectivity index is 2.09. The topological polar surface area (TPSA) is 87.8 Å². The Morgan fingerprint density at radius 1 is 1.43 bits per heavy atom. The number of halogens is 1. The van der Waals surface area contributed by atoms with E-state index in [1.807, 2.05) is 6.07 Å². The Hall–Kier alpha value is -3.01. The van der Waals surface area contributed by atoms with Crippen LogP contribution in [-0.4, -0.2) is 15.7 Å². The third-order valence-electron chi connectivity index (χ3n) is 3.41. The van der Waals surface area contributed by atoms with Crippen molar-refractivity contribution in [2.45, 2.75) is 26.8 Å². The molecule has 2 rings (SSSR count). The van der Waals surface area contributed by atoms with Crippen LogP contribution >= 0.6 is 0 Å². The number of nitriles is 1. The SMILES string of the molecule is Cc1nn(CCC(=O)Nc2cccc(F)c2)c(=O)c(C#N)c1C. The van der Waals surface area contributed by atoms with Gasteiger partial charge in [0, 0.05) is 12.1 Å². The molecule has 0 saturated heterocycles. The van der Waals surface area contributed by atoms with E-state index >= 15 is 0 Å². The largest absolute Gasteiger partial charge is 0.326 e. The van der Waals surface area contributed by atoms with Crippen LogP contribution in [0.4, 0.5) is 10.1 Å². The molecular formula is C16H15FN4O2. The molecule has 0 unspecified atom stereocenters. The first kappa shape index (κ1) is 16.4. The maximum absolute atomic E-state index is 13.0. The van der Waals surface area contributed by atoms with Crippen LogP contribution in [0.25, 0.3) is 0 Å². The highest BCUT2D eigenvalue weighted by Crippen LogP contribution is 2.09. The summed E-state index contributed by atoms with van der Waals surface area (Å²) in [6.45, 7) is 3.39. The average molecular weight is 314 g/mol. The van der Waals surface area contributed by atoms with Gasteiger partial charge in [-0.2, -0.15) is 10.4 Å². The molecule has 23 heavy (non-hydrogen) atoms. The van der Waals surface area contributed by atoms with Crippen molar-refractivity contribution in [2.24, 2.45) is 0 Å². The van der Waals surface area contributed by atoms with E-state index in [4.69, 9.17) is 5.26 Å². The van der Waals surface area contributed by atoms with Crippen LogP contribution in [0, 0.1) is 31.0 Å². The van der Waals surface area contributed by atoms with E-state index in [9.17, 15) is 14.0 Å². The number of carbonyl (C=O) groups excluding carboxylic acids is 1. The minimum absolute atomic E-state index is 0.0171. The van der Waals surface area contributed by atoms with Crippen LogP contribution < -0.4 is 10.9 Å². The van der Waals surface area contributed by atoms with E-state index in [1.54, 1.807) is 19.9 Å². The molecule has 2 aromatic rings. The fourth-order valence-electron chi connectivity index (χ4n) is 2.05. The first-order valence-corrected chi connectivity index (χ1v) is 6.96. The van der Waals surface area contributed by atoms with E-state index in [1.165, 1.54) is 18.2 Å². The maximum Gasteiger partial charge on any atom is 0.284 e. The zero-order valence-electron chi connectivity index (χ0n) is 12.8. The third-order valence-corrected chi connectivity index (χ3v) is 3.41. The number of carbonyl (C=O) groups is 1. The molecule has 0 aliphatic carbocycles. The number of aryl methyl sites for hydroxylation is 2. The molecule has 1 amide bonds. The lowest BCUT2D eigenvalue weighted by Crippen LogP contribution is -2.29. The summed E-state index contributed by atoms with van der Waals surface area (Å²) in [5.41, 5.74) is 0.954. The lowest BCUT2D eigenvalue weighted by atomic mass is 10.1. The maximum atomic E-state index is 13.0. The molecule has 0 aliphatic heterocycles. The van der Waals surface area contributed by atoms with Gasteiger partial charge < -0.3 is 5.32 Å². The molecule has 1 N–H and O–H groups in total. The molecule has 1 heterocycles. The Labute approximate surface area is 132 Å². The van der Waals surface area contributed by atoms with Crippen LogP contribution in [0.5, 0.6) is 0 Å². The molecule has 0 saturated carbocycles. The van der Waals surface area contributed by atoms with Gasteiger partial charge in [-0.05, 0) is 37.6 Å². The molecule has 7 heteroatoms. The van der Waals surface area contributed by atoms with Crippen LogP contribution in [0.1, 0.15) is 23.2 Å². The van der Waals surface area contributed by atoms with Crippen molar-refractivity contribution < 1.29 is 9.18 Å². The Morgan fingerprint density at radius 3 is 2.83 bits per heavy atom. The Morgan fingerprint density at radius 2 is 2.17 bits per heavy atom. The van der Waals surface area contributed by atoms with Crippen LogP contribution in [0.3, 0.4) is 0 Å². The van der Waals surface area contributed by atoms with Crippen molar-refractivity contribution in [3.63, 3.8) is 0 Å². The predicted molar refractivity (Wildman–Crippen MR) is 82.3 cm³/mol. The van der Waals surface area contributed by atoms with Crippen LogP contribution in [0.15, 0.2) is 29.1 Å². The van der Waals surface area contributed by atoms with E-state index in [2.05, 4.69) is 10.4 Å². The molecular weight excluding hydrogens is 299 g/mol. The summed E-state index contributed by atoms with van der Waals surface area (Å²) in [6, 6.07) is 7.39. The zero-order valence-corrected chi connectivity index (χ0v) is 12.8. The summed E-state index contributed by atoms with van der Waals surface area (Å²) in [4.78, 5) is 24.0. The van der Waals surface area contributed by atoms with Crippen molar-refractivity contribution in [3.05, 3.63) is 57.3 Å². The second-order valence-electron chi connectivity index (χ2n) is 5.03. The van der Waals surface area contributed by atoms with Crippen molar-refractivity contribution >= 4 is 11.6 Å². The molecule has 0 fully saturated rings. The highest BCUT2D eigenvalue weighted by Gasteiger charge is 2.12. The van der Waals surface area contributed by atoms with Crippen LogP contribution in [-0.2, 0) is 11.3 Å². The van der Waals surface area contributed by atoms with Gasteiger partial charge >= 0.3 is 0 Å². The van der Waals surface area contributed by atoms with E-state index in [0.29, 0.717) is 16.9 Å². The smallest absolute Gasteiger partial charge is 0.284 e. The number of rotatable bonds is 4. The van der Waals surface area contributed by atoms with E-state index < -0.39 is 11.4 Å². The van der Waals surface area contributed by atoms with Gasteiger partial charge in [0.15, 0.2) is 0 Å². The highest BCUT2D eigenvalue weighted by molar-refractivity contribution is 5.90. The van der Waals surface area contributed by atoms with Gasteiger partial charge in [0.2, 0.25) is 5.91 Å². The van der Waals surface area contributed by atoms with Gasteiger partial charge in [-0.15, -0.1) is 0 Å². The van der Waals surface area contributed by atoms with Gasteiger partial charge in [-0.3, -0.25) is 9.59 Å². The minimum atomic E-state index is -0.519. The fourth-order valence-corrected chi connectivity index (χ4v) is 2.05. The highest BCUT2D eigenvalue weighted by atomic mass is 19.1. The van der Waals surface area contributed by atoms with Crippen molar-refractivity contribution in [3.8, 4) is 6.07 Å². The molecule has 118 valence electrons. The second kappa shape index (κ2) is 6.83. The molecule has 0 bridgehead atoms. The fraction of sp³-hybridized carbons (Fsp3) is 0.250. The molecule has 1 aromatic heterocycles. The Bertz CT molecular complexity index is 852. The summed E-state index contributed by atoms with van der Waals surface area (Å²) >= 11 is 0. The number of hydrogen-bond acceptors (Lipinski definition) is 4. The minimum Gasteiger partial charge on any atom is -0.326 e. The number of hydrogen-bond donors (Lipinski definition) is 1. The standard InChI is InChI=1S/C16H15FN4O2/c1-10-11(2)20-21(16(23)14(10)9-18)7-6-15(22)19-13-5-3-4-12(17)8-13/h3-5,8H,6-7H2,1-2H3,(H,19,22). The first-order valence-electron chi connectivity index (χ1n) is 6.96. The average Bonchev–Trinajstić information content (AvgIpc) is 2.50. The third kappa shape index (κ3) is 3.80. The number of nitrogens with zero attached hydrogens (tertiary/aromatic N) is 3. The number of benzene rings is 1.